The maximum absolute atomic E-state index is 10.3. The maximum atomic E-state index is 10.3. The smallest absolute Gasteiger partial charge is 0.186 e. The lowest BCUT2D eigenvalue weighted by Crippen LogP contribution is -2.59. The molecule has 6 heteroatoms. The summed E-state index contributed by atoms with van der Waals surface area (Å²) in [7, 11) is 0. The van der Waals surface area contributed by atoms with Crippen molar-refractivity contribution in [1.82, 2.24) is 0 Å². The summed E-state index contributed by atoms with van der Waals surface area (Å²) in [5.74, 6) is 0. The van der Waals surface area contributed by atoms with E-state index in [4.69, 9.17) is 9.47 Å². The van der Waals surface area contributed by atoms with E-state index in [0.717, 1.165) is 25.7 Å². The van der Waals surface area contributed by atoms with Gasteiger partial charge in [0.2, 0.25) is 0 Å². The fourth-order valence-corrected chi connectivity index (χ4v) is 4.48. The first-order valence-corrected chi connectivity index (χ1v) is 13.5. The molecule has 0 aromatic rings. The lowest BCUT2D eigenvalue weighted by Gasteiger charge is -2.41. The Hall–Kier alpha value is -0.240. The van der Waals surface area contributed by atoms with Crippen LogP contribution in [0.2, 0.25) is 0 Å². The lowest BCUT2D eigenvalue weighted by molar-refractivity contribution is -0.312. The van der Waals surface area contributed by atoms with Gasteiger partial charge in [0, 0.05) is 0 Å². The van der Waals surface area contributed by atoms with E-state index in [1.165, 1.54) is 83.5 Å². The van der Waals surface area contributed by atoms with Crippen molar-refractivity contribution >= 4 is 0 Å². The second-order valence-electron chi connectivity index (χ2n) is 9.63. The summed E-state index contributed by atoms with van der Waals surface area (Å²) in [6.45, 7) is 4.04. The van der Waals surface area contributed by atoms with Gasteiger partial charge in [-0.05, 0) is 12.8 Å². The van der Waals surface area contributed by atoms with Crippen LogP contribution >= 0.6 is 0 Å². The topological polar surface area (TPSA) is 99.4 Å². The Kier molecular flexibility index (Phi) is 17.8. The molecular weight excluding hydrogens is 408 g/mol. The van der Waals surface area contributed by atoms with Crippen LogP contribution in [0.5, 0.6) is 0 Å². The molecule has 1 aliphatic heterocycles. The molecule has 32 heavy (non-hydrogen) atoms. The van der Waals surface area contributed by atoms with Gasteiger partial charge in [-0.2, -0.15) is 0 Å². The Morgan fingerprint density at radius 3 is 1.50 bits per heavy atom. The normalized spacial score (nSPS) is 27.0. The first-order chi connectivity index (χ1) is 15.5. The molecule has 0 aromatic carbocycles. The summed E-state index contributed by atoms with van der Waals surface area (Å²) < 4.78 is 11.7. The van der Waals surface area contributed by atoms with Crippen molar-refractivity contribution in [1.29, 1.82) is 0 Å². The molecule has 0 saturated carbocycles. The highest BCUT2D eigenvalue weighted by atomic mass is 16.7. The van der Waals surface area contributed by atoms with Crippen LogP contribution in [0.25, 0.3) is 0 Å². The van der Waals surface area contributed by atoms with Gasteiger partial charge in [-0.3, -0.25) is 0 Å². The Balaban J connectivity index is 2.42. The number of unbranched alkanes of at least 4 members (excludes halogenated alkanes) is 13. The molecule has 0 amide bonds. The van der Waals surface area contributed by atoms with Gasteiger partial charge in [0.05, 0.1) is 12.7 Å². The van der Waals surface area contributed by atoms with Crippen molar-refractivity contribution in [2.45, 2.75) is 160 Å². The van der Waals surface area contributed by atoms with E-state index in [2.05, 4.69) is 13.8 Å². The maximum Gasteiger partial charge on any atom is 0.186 e. The van der Waals surface area contributed by atoms with E-state index < -0.39 is 37.3 Å². The summed E-state index contributed by atoms with van der Waals surface area (Å²) in [5, 5.41) is 39.8. The Bertz CT molecular complexity index is 419. The number of hydrogen-bond donors (Lipinski definition) is 4. The van der Waals surface area contributed by atoms with Gasteiger partial charge < -0.3 is 29.9 Å². The number of ether oxygens (including phenoxy) is 2. The van der Waals surface area contributed by atoms with Crippen LogP contribution in [0, 0.1) is 0 Å². The van der Waals surface area contributed by atoms with Crippen LogP contribution in [-0.2, 0) is 9.47 Å². The van der Waals surface area contributed by atoms with Gasteiger partial charge in [0.25, 0.3) is 0 Å². The Morgan fingerprint density at radius 2 is 1.06 bits per heavy atom. The van der Waals surface area contributed by atoms with Crippen LogP contribution in [0.1, 0.15) is 123 Å². The average molecular weight is 461 g/mol. The van der Waals surface area contributed by atoms with E-state index in [1.807, 2.05) is 0 Å². The van der Waals surface area contributed by atoms with Crippen LogP contribution in [0.15, 0.2) is 0 Å². The number of aliphatic hydroxyl groups excluding tert-OH is 4. The third-order valence-electron chi connectivity index (χ3n) is 6.68. The highest BCUT2D eigenvalue weighted by Crippen LogP contribution is 2.26. The van der Waals surface area contributed by atoms with Crippen LogP contribution in [0.3, 0.4) is 0 Å². The van der Waals surface area contributed by atoms with Crippen LogP contribution in [0.4, 0.5) is 0 Å². The fourth-order valence-electron chi connectivity index (χ4n) is 4.48. The molecule has 4 N–H and O–H groups in total. The van der Waals surface area contributed by atoms with Crippen molar-refractivity contribution in [3.8, 4) is 0 Å². The average Bonchev–Trinajstić information content (AvgIpc) is 2.80. The molecule has 0 radical (unpaired) electrons. The zero-order chi connectivity index (χ0) is 23.6. The highest BCUT2D eigenvalue weighted by molar-refractivity contribution is 4.89. The highest BCUT2D eigenvalue weighted by Gasteiger charge is 2.44. The summed E-state index contributed by atoms with van der Waals surface area (Å²) in [6.07, 6.45) is 14.5. The molecule has 2 unspecified atom stereocenters. The molecule has 6 atom stereocenters. The van der Waals surface area contributed by atoms with Crippen molar-refractivity contribution in [2.24, 2.45) is 0 Å². The van der Waals surface area contributed by atoms with Crippen LogP contribution in [-0.4, -0.2) is 63.8 Å². The van der Waals surface area contributed by atoms with Gasteiger partial charge in [-0.15, -0.1) is 0 Å². The molecule has 0 aliphatic carbocycles. The van der Waals surface area contributed by atoms with Gasteiger partial charge in [-0.25, -0.2) is 0 Å². The zero-order valence-electron chi connectivity index (χ0n) is 20.8. The molecule has 1 saturated heterocycles. The van der Waals surface area contributed by atoms with E-state index in [1.54, 1.807) is 0 Å². The van der Waals surface area contributed by atoms with Gasteiger partial charge in [0.15, 0.2) is 6.29 Å². The fraction of sp³-hybridized carbons (Fsp3) is 1.00. The molecule has 0 bridgehead atoms. The second kappa shape index (κ2) is 19.1. The summed E-state index contributed by atoms with van der Waals surface area (Å²) in [5.41, 5.74) is 0. The Morgan fingerprint density at radius 1 is 0.625 bits per heavy atom. The SMILES string of the molecule is CCCCCCCCCCCC(CCCCCCCC)OC1O[C@H](CO)[C@@H](O)[C@H](O)[C@H]1O. The van der Waals surface area contributed by atoms with Crippen molar-refractivity contribution in [3.63, 3.8) is 0 Å². The predicted molar refractivity (Wildman–Crippen MR) is 128 cm³/mol. The van der Waals surface area contributed by atoms with Gasteiger partial charge in [-0.1, -0.05) is 110 Å². The molecule has 1 aliphatic rings. The molecule has 1 fully saturated rings. The van der Waals surface area contributed by atoms with Crippen LogP contribution < -0.4 is 0 Å². The molecule has 0 spiro atoms. The largest absolute Gasteiger partial charge is 0.394 e. The molecular formula is C26H52O6. The standard InChI is InChI=1S/C26H52O6/c1-3-5-7-9-11-12-13-15-17-19-21(18-16-14-10-8-6-4-2)31-26-25(30)24(29)23(28)22(20-27)32-26/h21-30H,3-20H2,1-2H3/t21?,22-,23-,24+,25-,26?/m1/s1. The summed E-state index contributed by atoms with van der Waals surface area (Å²) >= 11 is 0. The van der Waals surface area contributed by atoms with Crippen molar-refractivity contribution < 1.29 is 29.9 Å². The summed E-state index contributed by atoms with van der Waals surface area (Å²) in [4.78, 5) is 0. The Labute approximate surface area is 196 Å². The molecule has 0 aromatic heterocycles. The number of aliphatic hydroxyl groups is 4. The van der Waals surface area contributed by atoms with Crippen molar-refractivity contribution in [3.05, 3.63) is 0 Å². The quantitative estimate of drug-likeness (QED) is 0.194. The third-order valence-corrected chi connectivity index (χ3v) is 6.68. The first kappa shape index (κ1) is 29.8. The monoisotopic (exact) mass is 460 g/mol. The summed E-state index contributed by atoms with van der Waals surface area (Å²) in [6, 6.07) is 0. The first-order valence-electron chi connectivity index (χ1n) is 13.5. The van der Waals surface area contributed by atoms with Gasteiger partial charge >= 0.3 is 0 Å². The number of hydrogen-bond acceptors (Lipinski definition) is 6. The zero-order valence-corrected chi connectivity index (χ0v) is 20.8. The van der Waals surface area contributed by atoms with E-state index >= 15 is 0 Å². The molecule has 1 rings (SSSR count). The molecule has 192 valence electrons. The van der Waals surface area contributed by atoms with E-state index in [-0.39, 0.29) is 6.10 Å². The minimum absolute atomic E-state index is 0.0489. The van der Waals surface area contributed by atoms with Gasteiger partial charge in [0.1, 0.15) is 24.4 Å². The number of rotatable bonds is 20. The lowest BCUT2D eigenvalue weighted by atomic mass is 9.98. The predicted octanol–water partition coefficient (Wildman–Crippen LogP) is 4.84. The van der Waals surface area contributed by atoms with E-state index in [0.29, 0.717) is 0 Å². The minimum Gasteiger partial charge on any atom is -0.394 e. The molecule has 6 nitrogen and oxygen atoms in total. The molecule has 1 heterocycles. The second-order valence-corrected chi connectivity index (χ2v) is 9.63. The third kappa shape index (κ3) is 12.3. The minimum atomic E-state index is -1.38. The van der Waals surface area contributed by atoms with E-state index in [9.17, 15) is 20.4 Å². The van der Waals surface area contributed by atoms with Crippen molar-refractivity contribution in [2.75, 3.05) is 6.61 Å².